The van der Waals surface area contributed by atoms with Crippen LogP contribution >= 0.6 is 0 Å². The fourth-order valence-corrected chi connectivity index (χ4v) is 1.88. The number of guanidine groups is 1. The Labute approximate surface area is 126 Å². The van der Waals surface area contributed by atoms with Crippen LogP contribution in [0.1, 0.15) is 33.1 Å². The fourth-order valence-electron chi connectivity index (χ4n) is 1.88. The molecule has 0 aliphatic rings. The Morgan fingerprint density at radius 2 is 1.76 bits per heavy atom. The molecule has 0 aromatic heterocycles. The minimum absolute atomic E-state index is 0.390. The number of hydrogen-bond acceptors (Lipinski definition) is 2. The first-order valence-electron chi connectivity index (χ1n) is 7.54. The van der Waals surface area contributed by atoms with E-state index in [2.05, 4.69) is 22.1 Å². The summed E-state index contributed by atoms with van der Waals surface area (Å²) in [5, 5.41) is 3.20. The van der Waals surface area contributed by atoms with E-state index in [0.29, 0.717) is 19.5 Å². The highest BCUT2D eigenvalue weighted by atomic mass is 19.4. The summed E-state index contributed by atoms with van der Waals surface area (Å²) in [6.07, 6.45) is -1.31. The Morgan fingerprint density at radius 3 is 2.29 bits per heavy atom. The molecule has 1 N–H and O–H groups in total. The first-order chi connectivity index (χ1) is 9.80. The first kappa shape index (κ1) is 20.0. The van der Waals surface area contributed by atoms with E-state index in [1.165, 1.54) is 11.9 Å². The Hall–Kier alpha value is -0.980. The van der Waals surface area contributed by atoms with Gasteiger partial charge in [-0.15, -0.1) is 0 Å². The lowest BCUT2D eigenvalue weighted by molar-refractivity contribution is -0.143. The van der Waals surface area contributed by atoms with E-state index in [4.69, 9.17) is 0 Å². The van der Waals surface area contributed by atoms with Crippen LogP contribution in [0.15, 0.2) is 4.99 Å². The second-order valence-corrected chi connectivity index (χ2v) is 5.22. The van der Waals surface area contributed by atoms with Crippen molar-refractivity contribution in [1.29, 1.82) is 0 Å². The zero-order valence-electron chi connectivity index (χ0n) is 13.6. The number of aliphatic imine (C=N–C) groups is 1. The normalized spacial score (nSPS) is 12.9. The van der Waals surface area contributed by atoms with E-state index in [-0.39, 0.29) is 0 Å². The molecule has 0 aliphatic heterocycles. The van der Waals surface area contributed by atoms with Crippen LogP contribution in [0.25, 0.3) is 0 Å². The van der Waals surface area contributed by atoms with Crippen LogP contribution in [-0.4, -0.2) is 68.8 Å². The average Bonchev–Trinajstić information content (AvgIpc) is 2.37. The quantitative estimate of drug-likeness (QED) is 0.403. The molecule has 0 aliphatic carbocycles. The van der Waals surface area contributed by atoms with Gasteiger partial charge in [0.15, 0.2) is 5.96 Å². The van der Waals surface area contributed by atoms with Gasteiger partial charge in [0.05, 0.1) is 6.54 Å². The molecule has 0 atom stereocenters. The van der Waals surface area contributed by atoms with Crippen LogP contribution in [0.3, 0.4) is 0 Å². The molecule has 0 bridgehead atoms. The van der Waals surface area contributed by atoms with Gasteiger partial charge in [-0.2, -0.15) is 13.2 Å². The molecule has 126 valence electrons. The number of halogens is 3. The zero-order valence-corrected chi connectivity index (χ0v) is 13.6. The number of nitrogens with one attached hydrogen (secondary N) is 1. The van der Waals surface area contributed by atoms with Gasteiger partial charge in [-0.05, 0) is 33.4 Å². The molecule has 21 heavy (non-hydrogen) atoms. The molecule has 0 aromatic rings. The third-order valence-corrected chi connectivity index (χ3v) is 2.95. The molecule has 0 radical (unpaired) electrons. The molecule has 0 spiro atoms. The summed E-state index contributed by atoms with van der Waals surface area (Å²) in [5.74, 6) is 0.824. The lowest BCUT2D eigenvalue weighted by atomic mass is 10.3. The highest BCUT2D eigenvalue weighted by Gasteiger charge is 2.28. The summed E-state index contributed by atoms with van der Waals surface area (Å²) in [7, 11) is 3.46. The van der Waals surface area contributed by atoms with Crippen LogP contribution in [0.5, 0.6) is 0 Å². The van der Waals surface area contributed by atoms with Gasteiger partial charge in [0.2, 0.25) is 0 Å². The monoisotopic (exact) mass is 310 g/mol. The fraction of sp³-hybridized carbons (Fsp3) is 0.929. The molecule has 0 saturated heterocycles. The minimum Gasteiger partial charge on any atom is -0.357 e. The van der Waals surface area contributed by atoms with E-state index in [1.807, 2.05) is 14.0 Å². The molecule has 0 saturated carbocycles. The SMILES string of the molecule is CCCCN(C)C(=NCCCN(C)CC(F)(F)F)NCC. The van der Waals surface area contributed by atoms with Crippen molar-refractivity contribution in [3.05, 3.63) is 0 Å². The standard InChI is InChI=1S/C14H29F3N4/c1-5-7-11-21(4)13(18-6-2)19-9-8-10-20(3)12-14(15,16)17/h5-12H2,1-4H3,(H,18,19). The van der Waals surface area contributed by atoms with Crippen molar-refractivity contribution in [2.24, 2.45) is 4.99 Å². The summed E-state index contributed by atoms with van der Waals surface area (Å²) >= 11 is 0. The highest BCUT2D eigenvalue weighted by molar-refractivity contribution is 5.79. The maximum atomic E-state index is 12.2. The summed E-state index contributed by atoms with van der Waals surface area (Å²) in [5.41, 5.74) is 0. The van der Waals surface area contributed by atoms with Crippen LogP contribution in [0.4, 0.5) is 13.2 Å². The van der Waals surface area contributed by atoms with Crippen molar-refractivity contribution < 1.29 is 13.2 Å². The maximum Gasteiger partial charge on any atom is 0.401 e. The maximum absolute atomic E-state index is 12.2. The topological polar surface area (TPSA) is 30.9 Å². The Balaban J connectivity index is 4.14. The van der Waals surface area contributed by atoms with Gasteiger partial charge in [-0.1, -0.05) is 13.3 Å². The molecule has 0 rings (SSSR count). The third-order valence-electron chi connectivity index (χ3n) is 2.95. The number of rotatable bonds is 9. The van der Waals surface area contributed by atoms with Gasteiger partial charge in [-0.3, -0.25) is 9.89 Å². The largest absolute Gasteiger partial charge is 0.401 e. The molecule has 0 heterocycles. The van der Waals surface area contributed by atoms with Gasteiger partial charge >= 0.3 is 6.18 Å². The molecule has 7 heteroatoms. The molecule has 4 nitrogen and oxygen atoms in total. The van der Waals surface area contributed by atoms with Crippen molar-refractivity contribution in [1.82, 2.24) is 15.1 Å². The average molecular weight is 310 g/mol. The number of hydrogen-bond donors (Lipinski definition) is 1. The number of unbranched alkanes of at least 4 members (excludes halogenated alkanes) is 1. The van der Waals surface area contributed by atoms with Gasteiger partial charge in [-0.25, -0.2) is 0 Å². The van der Waals surface area contributed by atoms with Crippen molar-refractivity contribution >= 4 is 5.96 Å². The van der Waals surface area contributed by atoms with E-state index < -0.39 is 12.7 Å². The van der Waals surface area contributed by atoms with Crippen LogP contribution in [0.2, 0.25) is 0 Å². The Bertz CT molecular complexity index is 292. The van der Waals surface area contributed by atoms with Gasteiger partial charge in [0, 0.05) is 26.7 Å². The molecule has 0 amide bonds. The predicted molar refractivity (Wildman–Crippen MR) is 81.7 cm³/mol. The minimum atomic E-state index is -4.13. The highest BCUT2D eigenvalue weighted by Crippen LogP contribution is 2.15. The molecular weight excluding hydrogens is 281 g/mol. The Morgan fingerprint density at radius 1 is 1.10 bits per heavy atom. The molecule has 0 fully saturated rings. The summed E-state index contributed by atoms with van der Waals surface area (Å²) in [6.45, 7) is 5.89. The van der Waals surface area contributed by atoms with Crippen molar-refractivity contribution in [2.45, 2.75) is 39.3 Å². The van der Waals surface area contributed by atoms with E-state index >= 15 is 0 Å². The number of nitrogens with zero attached hydrogens (tertiary/aromatic N) is 3. The lowest BCUT2D eigenvalue weighted by Gasteiger charge is -2.22. The summed E-state index contributed by atoms with van der Waals surface area (Å²) in [4.78, 5) is 7.80. The van der Waals surface area contributed by atoms with Gasteiger partial charge in [0.25, 0.3) is 0 Å². The van der Waals surface area contributed by atoms with Crippen molar-refractivity contribution in [3.8, 4) is 0 Å². The molecule has 0 aromatic carbocycles. The van der Waals surface area contributed by atoms with Crippen LogP contribution in [-0.2, 0) is 0 Å². The van der Waals surface area contributed by atoms with Crippen molar-refractivity contribution in [3.63, 3.8) is 0 Å². The Kier molecular flexibility index (Phi) is 10.2. The van der Waals surface area contributed by atoms with E-state index in [1.54, 1.807) is 0 Å². The number of alkyl halides is 3. The van der Waals surface area contributed by atoms with Gasteiger partial charge < -0.3 is 10.2 Å². The van der Waals surface area contributed by atoms with E-state index in [0.717, 1.165) is 31.9 Å². The molecule has 0 unspecified atom stereocenters. The molecular formula is C14H29F3N4. The summed E-state index contributed by atoms with van der Waals surface area (Å²) in [6, 6.07) is 0. The van der Waals surface area contributed by atoms with Crippen molar-refractivity contribution in [2.75, 3.05) is 46.8 Å². The smallest absolute Gasteiger partial charge is 0.357 e. The lowest BCUT2D eigenvalue weighted by Crippen LogP contribution is -2.39. The van der Waals surface area contributed by atoms with E-state index in [9.17, 15) is 13.2 Å². The predicted octanol–water partition coefficient (Wildman–Crippen LogP) is 2.57. The van der Waals surface area contributed by atoms with Gasteiger partial charge in [0.1, 0.15) is 0 Å². The van der Waals surface area contributed by atoms with Crippen LogP contribution in [0, 0.1) is 0 Å². The summed E-state index contributed by atoms with van der Waals surface area (Å²) < 4.78 is 36.5. The zero-order chi connectivity index (χ0) is 16.3. The second kappa shape index (κ2) is 10.7. The van der Waals surface area contributed by atoms with Crippen LogP contribution < -0.4 is 5.32 Å². The second-order valence-electron chi connectivity index (χ2n) is 5.22. The first-order valence-corrected chi connectivity index (χ1v) is 7.54. The third kappa shape index (κ3) is 11.4.